The molecule has 7 heteroatoms. The van der Waals surface area contributed by atoms with Gasteiger partial charge in [-0.15, -0.1) is 11.3 Å². The first-order valence-corrected chi connectivity index (χ1v) is 6.61. The van der Waals surface area contributed by atoms with Crippen LogP contribution in [0.3, 0.4) is 0 Å². The van der Waals surface area contributed by atoms with Gasteiger partial charge in [-0.3, -0.25) is 4.79 Å². The number of rotatable bonds is 4. The second-order valence-electron chi connectivity index (χ2n) is 4.05. The topological polar surface area (TPSA) is 79.3 Å². The average Bonchev–Trinajstić information content (AvgIpc) is 2.88. The van der Waals surface area contributed by atoms with Crippen LogP contribution in [-0.4, -0.2) is 22.0 Å². The Morgan fingerprint density at radius 1 is 1.40 bits per heavy atom. The van der Waals surface area contributed by atoms with Crippen LogP contribution in [0.25, 0.3) is 0 Å². The van der Waals surface area contributed by atoms with E-state index in [-0.39, 0.29) is 11.3 Å². The molecule has 0 radical (unpaired) electrons. The zero-order valence-electron chi connectivity index (χ0n) is 10.5. The molecule has 2 N–H and O–H groups in total. The molecule has 0 saturated heterocycles. The molecule has 0 spiro atoms. The lowest BCUT2D eigenvalue weighted by Gasteiger charge is -2.11. The molecule has 2 aromatic rings. The van der Waals surface area contributed by atoms with E-state index in [4.69, 9.17) is 5.11 Å². The quantitative estimate of drug-likeness (QED) is 0.908. The van der Waals surface area contributed by atoms with E-state index < -0.39 is 23.7 Å². The van der Waals surface area contributed by atoms with Crippen LogP contribution in [0.4, 0.5) is 4.39 Å². The predicted octanol–water partition coefficient (Wildman–Crippen LogP) is 2.47. The Kier molecular flexibility index (Phi) is 4.09. The molecule has 0 saturated carbocycles. The van der Waals surface area contributed by atoms with Crippen LogP contribution >= 0.6 is 11.3 Å². The SMILES string of the molecule is CC(NC(=O)c1ccccc1F)c1nc(C(=O)O)cs1. The third-order valence-corrected chi connectivity index (χ3v) is 3.61. The molecule has 1 atom stereocenters. The minimum atomic E-state index is -1.12. The summed E-state index contributed by atoms with van der Waals surface area (Å²) < 4.78 is 13.5. The third kappa shape index (κ3) is 3.00. The molecule has 0 bridgehead atoms. The maximum Gasteiger partial charge on any atom is 0.355 e. The zero-order valence-corrected chi connectivity index (χ0v) is 11.3. The predicted molar refractivity (Wildman–Crippen MR) is 71.4 cm³/mol. The van der Waals surface area contributed by atoms with Crippen LogP contribution < -0.4 is 5.32 Å². The minimum absolute atomic E-state index is 0.0608. The number of aromatic nitrogens is 1. The number of aromatic carboxylic acids is 1. The highest BCUT2D eigenvalue weighted by Crippen LogP contribution is 2.19. The average molecular weight is 294 g/mol. The van der Waals surface area contributed by atoms with Gasteiger partial charge in [0.1, 0.15) is 10.8 Å². The Balaban J connectivity index is 2.11. The van der Waals surface area contributed by atoms with Crippen molar-refractivity contribution < 1.29 is 19.1 Å². The van der Waals surface area contributed by atoms with Gasteiger partial charge >= 0.3 is 5.97 Å². The third-order valence-electron chi connectivity index (χ3n) is 2.58. The molecular weight excluding hydrogens is 283 g/mol. The fraction of sp³-hybridized carbons (Fsp3) is 0.154. The molecule has 20 heavy (non-hydrogen) atoms. The van der Waals surface area contributed by atoms with E-state index in [1.165, 1.54) is 23.6 Å². The van der Waals surface area contributed by atoms with Crippen LogP contribution in [0.1, 0.15) is 38.8 Å². The lowest BCUT2D eigenvalue weighted by molar-refractivity contribution is 0.0691. The lowest BCUT2D eigenvalue weighted by Crippen LogP contribution is -2.27. The van der Waals surface area contributed by atoms with Crippen LogP contribution in [0.5, 0.6) is 0 Å². The Morgan fingerprint density at radius 2 is 2.10 bits per heavy atom. The molecule has 1 heterocycles. The van der Waals surface area contributed by atoms with Crippen LogP contribution in [-0.2, 0) is 0 Å². The second-order valence-corrected chi connectivity index (χ2v) is 4.94. The number of benzene rings is 1. The van der Waals surface area contributed by atoms with Crippen molar-refractivity contribution in [1.29, 1.82) is 0 Å². The minimum Gasteiger partial charge on any atom is -0.476 e. The zero-order chi connectivity index (χ0) is 14.7. The van der Waals surface area contributed by atoms with Crippen molar-refractivity contribution in [2.75, 3.05) is 0 Å². The highest BCUT2D eigenvalue weighted by molar-refractivity contribution is 7.09. The summed E-state index contributed by atoms with van der Waals surface area (Å²) in [4.78, 5) is 26.5. The van der Waals surface area contributed by atoms with Crippen molar-refractivity contribution >= 4 is 23.2 Å². The van der Waals surface area contributed by atoms with Crippen LogP contribution in [0.15, 0.2) is 29.6 Å². The Labute approximate surface area is 118 Å². The van der Waals surface area contributed by atoms with Gasteiger partial charge in [-0.1, -0.05) is 12.1 Å². The van der Waals surface area contributed by atoms with E-state index in [1.54, 1.807) is 13.0 Å². The van der Waals surface area contributed by atoms with Gasteiger partial charge in [-0.25, -0.2) is 14.2 Å². The summed E-state index contributed by atoms with van der Waals surface area (Å²) in [6.07, 6.45) is 0. The monoisotopic (exact) mass is 294 g/mol. The highest BCUT2D eigenvalue weighted by atomic mass is 32.1. The number of amides is 1. The summed E-state index contributed by atoms with van der Waals surface area (Å²) in [5.41, 5.74) is -0.133. The summed E-state index contributed by atoms with van der Waals surface area (Å²) in [5.74, 6) is -2.30. The van der Waals surface area contributed by atoms with E-state index in [1.807, 2.05) is 0 Å². The van der Waals surface area contributed by atoms with Gasteiger partial charge < -0.3 is 10.4 Å². The second kappa shape index (κ2) is 5.79. The van der Waals surface area contributed by atoms with Gasteiger partial charge in [0.15, 0.2) is 5.69 Å². The number of halogens is 1. The van der Waals surface area contributed by atoms with Crippen molar-refractivity contribution in [3.05, 3.63) is 51.7 Å². The maximum atomic E-state index is 13.5. The number of nitrogens with one attached hydrogen (secondary N) is 1. The number of hydrogen-bond acceptors (Lipinski definition) is 4. The van der Waals surface area contributed by atoms with Gasteiger partial charge in [0, 0.05) is 5.38 Å². The fourth-order valence-electron chi connectivity index (χ4n) is 1.57. The number of carbonyl (C=O) groups is 2. The Bertz CT molecular complexity index is 657. The highest BCUT2D eigenvalue weighted by Gasteiger charge is 2.18. The van der Waals surface area contributed by atoms with Crippen LogP contribution in [0.2, 0.25) is 0 Å². The van der Waals surface area contributed by atoms with E-state index in [9.17, 15) is 14.0 Å². The van der Waals surface area contributed by atoms with E-state index >= 15 is 0 Å². The van der Waals surface area contributed by atoms with Gasteiger partial charge in [-0.2, -0.15) is 0 Å². The molecule has 104 valence electrons. The number of nitrogens with zero attached hydrogens (tertiary/aromatic N) is 1. The fourth-order valence-corrected chi connectivity index (χ4v) is 2.37. The number of carbonyl (C=O) groups excluding carboxylic acids is 1. The normalized spacial score (nSPS) is 11.9. The smallest absolute Gasteiger partial charge is 0.355 e. The van der Waals surface area contributed by atoms with Crippen molar-refractivity contribution in [2.24, 2.45) is 0 Å². The van der Waals surface area contributed by atoms with Crippen molar-refractivity contribution in [2.45, 2.75) is 13.0 Å². The van der Waals surface area contributed by atoms with Gasteiger partial charge in [0.05, 0.1) is 11.6 Å². The number of carboxylic acid groups (broad SMARTS) is 1. The van der Waals surface area contributed by atoms with Crippen LogP contribution in [0, 0.1) is 5.82 Å². The summed E-state index contributed by atoms with van der Waals surface area (Å²) in [7, 11) is 0. The summed E-state index contributed by atoms with van der Waals surface area (Å²) in [6.45, 7) is 1.66. The van der Waals surface area contributed by atoms with Crippen molar-refractivity contribution in [3.8, 4) is 0 Å². The molecule has 2 rings (SSSR count). The van der Waals surface area contributed by atoms with Gasteiger partial charge in [0.25, 0.3) is 5.91 Å². The summed E-state index contributed by atoms with van der Waals surface area (Å²) in [5, 5.41) is 13.2. The first-order valence-electron chi connectivity index (χ1n) is 5.73. The molecule has 0 aliphatic heterocycles. The maximum absolute atomic E-state index is 13.5. The molecule has 0 aliphatic rings. The number of hydrogen-bond donors (Lipinski definition) is 2. The van der Waals surface area contributed by atoms with Crippen molar-refractivity contribution in [3.63, 3.8) is 0 Å². The largest absolute Gasteiger partial charge is 0.476 e. The molecule has 1 aromatic carbocycles. The first-order chi connectivity index (χ1) is 9.49. The molecule has 0 aliphatic carbocycles. The Hall–Kier alpha value is -2.28. The molecule has 0 fully saturated rings. The molecule has 1 unspecified atom stereocenters. The molecular formula is C13H11FN2O3S. The van der Waals surface area contributed by atoms with Gasteiger partial charge in [0.2, 0.25) is 0 Å². The molecule has 5 nitrogen and oxygen atoms in total. The standard InChI is InChI=1S/C13H11FN2O3S/c1-7(12-16-10(6-20-12)13(18)19)15-11(17)8-4-2-3-5-9(8)14/h2-7H,1H3,(H,15,17)(H,18,19). The lowest BCUT2D eigenvalue weighted by atomic mass is 10.2. The van der Waals surface area contributed by atoms with Crippen molar-refractivity contribution in [1.82, 2.24) is 10.3 Å². The first kappa shape index (κ1) is 14.1. The summed E-state index contributed by atoms with van der Waals surface area (Å²) in [6, 6.07) is 5.14. The van der Waals surface area contributed by atoms with E-state index in [2.05, 4.69) is 10.3 Å². The summed E-state index contributed by atoms with van der Waals surface area (Å²) >= 11 is 1.13. The van der Waals surface area contributed by atoms with E-state index in [0.717, 1.165) is 11.3 Å². The number of carboxylic acids is 1. The Morgan fingerprint density at radius 3 is 2.70 bits per heavy atom. The molecule has 1 aromatic heterocycles. The number of thiazole rings is 1. The van der Waals surface area contributed by atoms with Gasteiger partial charge in [-0.05, 0) is 19.1 Å². The van der Waals surface area contributed by atoms with E-state index in [0.29, 0.717) is 5.01 Å². The molecule has 1 amide bonds.